The van der Waals surface area contributed by atoms with Gasteiger partial charge in [-0.1, -0.05) is 30.3 Å². The van der Waals surface area contributed by atoms with Crippen LogP contribution in [0, 0.1) is 0 Å². The van der Waals surface area contributed by atoms with Crippen LogP contribution in [-0.2, 0) is 4.74 Å². The predicted octanol–water partition coefficient (Wildman–Crippen LogP) is 0.739. The summed E-state index contributed by atoms with van der Waals surface area (Å²) in [6, 6.07) is 8.97. The molecule has 4 nitrogen and oxygen atoms in total. The Morgan fingerprint density at radius 2 is 1.92 bits per heavy atom. The molecule has 4 N–H and O–H groups in total. The van der Waals surface area contributed by atoms with E-state index in [4.69, 9.17) is 11.5 Å². The number of primary amides is 1. The minimum atomic E-state index is -0.869. The van der Waals surface area contributed by atoms with Crippen LogP contribution in [0.4, 0.5) is 4.79 Å². The topological polar surface area (TPSA) is 78.3 Å². The number of rotatable bonds is 2. The second kappa shape index (κ2) is 3.73. The molecule has 0 radical (unpaired) electrons. The van der Waals surface area contributed by atoms with E-state index in [2.05, 4.69) is 4.74 Å². The van der Waals surface area contributed by atoms with E-state index in [9.17, 15) is 4.79 Å². The van der Waals surface area contributed by atoms with E-state index in [1.54, 1.807) is 24.3 Å². The van der Waals surface area contributed by atoms with Crippen LogP contribution in [0.15, 0.2) is 30.3 Å². The Morgan fingerprint density at radius 3 is 2.42 bits per heavy atom. The van der Waals surface area contributed by atoms with Crippen LogP contribution in [-0.4, -0.2) is 6.09 Å². The van der Waals surface area contributed by atoms with Crippen LogP contribution < -0.4 is 11.5 Å². The fraction of sp³-hybridized carbons (Fsp3) is 0.125. The highest BCUT2D eigenvalue weighted by Crippen LogP contribution is 2.09. The van der Waals surface area contributed by atoms with Crippen molar-refractivity contribution in [3.05, 3.63) is 35.9 Å². The summed E-state index contributed by atoms with van der Waals surface area (Å²) >= 11 is 0. The Kier molecular flexibility index (Phi) is 2.66. The summed E-state index contributed by atoms with van der Waals surface area (Å²) in [5, 5.41) is 0. The first kappa shape index (κ1) is 8.55. The molecule has 1 atom stereocenters. The summed E-state index contributed by atoms with van der Waals surface area (Å²) in [5.41, 5.74) is 11.0. The van der Waals surface area contributed by atoms with Crippen LogP contribution in [0.3, 0.4) is 0 Å². The number of ether oxygens (including phenoxy) is 1. The molecular formula is C8H10N2O2. The van der Waals surface area contributed by atoms with Gasteiger partial charge in [0.1, 0.15) is 0 Å². The molecule has 4 heteroatoms. The predicted molar refractivity (Wildman–Crippen MR) is 44.0 cm³/mol. The number of nitrogens with two attached hydrogens (primary N) is 2. The third-order valence-corrected chi connectivity index (χ3v) is 1.37. The van der Waals surface area contributed by atoms with E-state index >= 15 is 0 Å². The van der Waals surface area contributed by atoms with Crippen molar-refractivity contribution in [1.82, 2.24) is 0 Å². The fourth-order valence-electron chi connectivity index (χ4n) is 0.836. The highest BCUT2D eigenvalue weighted by Gasteiger charge is 2.07. The minimum Gasteiger partial charge on any atom is -0.426 e. The lowest BCUT2D eigenvalue weighted by Crippen LogP contribution is -2.22. The molecule has 0 aromatic heterocycles. The summed E-state index contributed by atoms with van der Waals surface area (Å²) < 4.78 is 4.55. The van der Waals surface area contributed by atoms with Gasteiger partial charge in [-0.3, -0.25) is 5.73 Å². The Morgan fingerprint density at radius 1 is 1.33 bits per heavy atom. The van der Waals surface area contributed by atoms with Gasteiger partial charge in [0, 0.05) is 5.56 Å². The molecule has 0 bridgehead atoms. The van der Waals surface area contributed by atoms with Gasteiger partial charge in [0.15, 0.2) is 6.23 Å². The van der Waals surface area contributed by atoms with Gasteiger partial charge in [0.2, 0.25) is 0 Å². The van der Waals surface area contributed by atoms with Crippen molar-refractivity contribution >= 4 is 6.09 Å². The highest BCUT2D eigenvalue weighted by atomic mass is 16.6. The van der Waals surface area contributed by atoms with Gasteiger partial charge in [-0.2, -0.15) is 0 Å². The highest BCUT2D eigenvalue weighted by molar-refractivity contribution is 5.64. The van der Waals surface area contributed by atoms with E-state index in [0.29, 0.717) is 0 Å². The van der Waals surface area contributed by atoms with Crippen molar-refractivity contribution in [3.63, 3.8) is 0 Å². The van der Waals surface area contributed by atoms with E-state index in [1.807, 2.05) is 6.07 Å². The lowest BCUT2D eigenvalue weighted by Gasteiger charge is -2.10. The zero-order valence-corrected chi connectivity index (χ0v) is 6.44. The third kappa shape index (κ3) is 2.25. The lowest BCUT2D eigenvalue weighted by molar-refractivity contribution is 0.110. The second-order valence-electron chi connectivity index (χ2n) is 2.27. The molecule has 0 spiro atoms. The molecule has 1 amide bonds. The maximum atomic E-state index is 10.3. The second-order valence-corrected chi connectivity index (χ2v) is 2.27. The van der Waals surface area contributed by atoms with Gasteiger partial charge < -0.3 is 10.5 Å². The first-order valence-electron chi connectivity index (χ1n) is 3.47. The molecule has 64 valence electrons. The van der Waals surface area contributed by atoms with Crippen molar-refractivity contribution in [2.75, 3.05) is 0 Å². The van der Waals surface area contributed by atoms with E-state index in [0.717, 1.165) is 5.56 Å². The van der Waals surface area contributed by atoms with Crippen molar-refractivity contribution in [2.45, 2.75) is 6.23 Å². The van der Waals surface area contributed by atoms with Crippen molar-refractivity contribution in [3.8, 4) is 0 Å². The smallest absolute Gasteiger partial charge is 0.406 e. The van der Waals surface area contributed by atoms with Gasteiger partial charge in [0.05, 0.1) is 0 Å². The Labute approximate surface area is 70.1 Å². The normalized spacial score (nSPS) is 12.1. The Bertz CT molecular complexity index is 261. The molecule has 0 saturated carbocycles. The first-order valence-corrected chi connectivity index (χ1v) is 3.47. The van der Waals surface area contributed by atoms with Gasteiger partial charge in [-0.15, -0.1) is 0 Å². The van der Waals surface area contributed by atoms with Crippen LogP contribution in [0.25, 0.3) is 0 Å². The van der Waals surface area contributed by atoms with Crippen molar-refractivity contribution < 1.29 is 9.53 Å². The van der Waals surface area contributed by atoms with Gasteiger partial charge >= 0.3 is 6.09 Å². The molecule has 1 aromatic rings. The summed E-state index contributed by atoms with van der Waals surface area (Å²) in [7, 11) is 0. The molecule has 1 rings (SSSR count). The van der Waals surface area contributed by atoms with Gasteiger partial charge in [-0.25, -0.2) is 4.79 Å². The van der Waals surface area contributed by atoms with Crippen LogP contribution in [0.2, 0.25) is 0 Å². The number of amides is 1. The van der Waals surface area contributed by atoms with Crippen molar-refractivity contribution in [2.24, 2.45) is 11.5 Å². The molecule has 0 fully saturated rings. The first-order chi connectivity index (χ1) is 5.70. The SMILES string of the molecule is NC(=O)OC(N)c1ccccc1. The largest absolute Gasteiger partial charge is 0.426 e. The summed E-state index contributed by atoms with van der Waals surface area (Å²) in [4.78, 5) is 10.3. The average Bonchev–Trinajstić information content (AvgIpc) is 2.05. The monoisotopic (exact) mass is 166 g/mol. The molecule has 0 heterocycles. The maximum Gasteiger partial charge on any atom is 0.406 e. The molecule has 1 aromatic carbocycles. The quantitative estimate of drug-likeness (QED) is 0.636. The standard InChI is InChI=1S/C8H10N2O2/c9-7(12-8(10)11)6-4-2-1-3-5-6/h1-5,7H,9H2,(H2,10,11). The maximum absolute atomic E-state index is 10.3. The molecule has 0 aliphatic rings. The number of hydrogen-bond acceptors (Lipinski definition) is 3. The van der Waals surface area contributed by atoms with E-state index in [-0.39, 0.29) is 0 Å². The molecule has 0 aliphatic carbocycles. The minimum absolute atomic E-state index is 0.719. The Balaban J connectivity index is 2.65. The van der Waals surface area contributed by atoms with Crippen molar-refractivity contribution in [1.29, 1.82) is 0 Å². The van der Waals surface area contributed by atoms with Gasteiger partial charge in [0.25, 0.3) is 0 Å². The number of carbonyl (C=O) groups is 1. The summed E-state index contributed by atoms with van der Waals surface area (Å²) in [5.74, 6) is 0. The molecule has 0 saturated heterocycles. The molecule has 12 heavy (non-hydrogen) atoms. The van der Waals surface area contributed by atoms with Crippen LogP contribution in [0.1, 0.15) is 11.8 Å². The summed E-state index contributed by atoms with van der Waals surface area (Å²) in [6.07, 6.45) is -1.64. The third-order valence-electron chi connectivity index (χ3n) is 1.37. The average molecular weight is 166 g/mol. The number of hydrogen-bond donors (Lipinski definition) is 2. The van der Waals surface area contributed by atoms with Gasteiger partial charge in [-0.05, 0) is 0 Å². The van der Waals surface area contributed by atoms with Crippen LogP contribution in [0.5, 0.6) is 0 Å². The number of benzene rings is 1. The molecule has 0 aliphatic heterocycles. The Hall–Kier alpha value is -1.55. The zero-order chi connectivity index (χ0) is 8.97. The van der Waals surface area contributed by atoms with E-state index in [1.165, 1.54) is 0 Å². The zero-order valence-electron chi connectivity index (χ0n) is 6.44. The summed E-state index contributed by atoms with van der Waals surface area (Å²) in [6.45, 7) is 0. The fourth-order valence-corrected chi connectivity index (χ4v) is 0.836. The molecule has 1 unspecified atom stereocenters. The number of carbonyl (C=O) groups excluding carboxylic acids is 1. The lowest BCUT2D eigenvalue weighted by atomic mass is 10.2. The van der Waals surface area contributed by atoms with Crippen LogP contribution >= 0.6 is 0 Å². The molecular weight excluding hydrogens is 156 g/mol. The van der Waals surface area contributed by atoms with E-state index < -0.39 is 12.3 Å².